The Kier molecular flexibility index (Phi) is 6.32. The smallest absolute Gasteiger partial charge is 0.240 e. The summed E-state index contributed by atoms with van der Waals surface area (Å²) in [6.07, 6.45) is 4.62. The van der Waals surface area contributed by atoms with Gasteiger partial charge in [-0.2, -0.15) is 0 Å². The highest BCUT2D eigenvalue weighted by Gasteiger charge is 2.26. The van der Waals surface area contributed by atoms with Gasteiger partial charge in [0.15, 0.2) is 0 Å². The van der Waals surface area contributed by atoms with Crippen LogP contribution in [-0.4, -0.2) is 53.7 Å². The van der Waals surface area contributed by atoms with Crippen molar-refractivity contribution in [2.24, 2.45) is 0 Å². The first-order valence-electron chi connectivity index (χ1n) is 10.7. The molecule has 6 nitrogen and oxygen atoms in total. The van der Waals surface area contributed by atoms with E-state index in [9.17, 15) is 8.42 Å². The zero-order valence-corrected chi connectivity index (χ0v) is 18.6. The van der Waals surface area contributed by atoms with Crippen molar-refractivity contribution in [3.8, 4) is 5.75 Å². The summed E-state index contributed by atoms with van der Waals surface area (Å²) in [4.78, 5) is 4.97. The van der Waals surface area contributed by atoms with Crippen LogP contribution in [0.25, 0.3) is 0 Å². The number of methoxy groups -OCH3 is 1. The molecule has 2 aliphatic heterocycles. The molecule has 1 N–H and O–H groups in total. The predicted octanol–water partition coefficient (Wildman–Crippen LogP) is 3.19. The summed E-state index contributed by atoms with van der Waals surface area (Å²) in [5.41, 5.74) is 3.84. The van der Waals surface area contributed by atoms with E-state index < -0.39 is 10.0 Å². The van der Waals surface area contributed by atoms with Gasteiger partial charge in [0.1, 0.15) is 5.75 Å². The number of likely N-dealkylation sites (tertiary alicyclic amines) is 1. The maximum absolute atomic E-state index is 12.9. The van der Waals surface area contributed by atoms with Crippen LogP contribution >= 0.6 is 0 Å². The molecule has 0 unspecified atom stereocenters. The van der Waals surface area contributed by atoms with Crippen LogP contribution in [0.5, 0.6) is 5.75 Å². The SMILES string of the molecule is COc1ccc(S(=O)(=O)NC[C@@H](c2ccc3c(c2)CCN3C)N2CCCCC2)cc1. The second kappa shape index (κ2) is 8.96. The molecule has 7 heteroatoms. The lowest BCUT2D eigenvalue weighted by molar-refractivity contribution is 0.164. The zero-order chi connectivity index (χ0) is 21.1. The second-order valence-corrected chi connectivity index (χ2v) is 9.97. The Hall–Kier alpha value is -2.09. The minimum atomic E-state index is -3.59. The van der Waals surface area contributed by atoms with Crippen LogP contribution in [0.4, 0.5) is 5.69 Å². The predicted molar refractivity (Wildman–Crippen MR) is 120 cm³/mol. The number of piperidine rings is 1. The highest BCUT2D eigenvalue weighted by atomic mass is 32.2. The van der Waals surface area contributed by atoms with E-state index in [2.05, 4.69) is 39.8 Å². The van der Waals surface area contributed by atoms with Crippen molar-refractivity contribution in [2.45, 2.75) is 36.6 Å². The fraction of sp³-hybridized carbons (Fsp3) is 0.478. The number of fused-ring (bicyclic) bond motifs is 1. The molecule has 0 amide bonds. The van der Waals surface area contributed by atoms with Crippen molar-refractivity contribution in [3.63, 3.8) is 0 Å². The van der Waals surface area contributed by atoms with E-state index >= 15 is 0 Å². The van der Waals surface area contributed by atoms with Crippen LogP contribution in [-0.2, 0) is 16.4 Å². The number of anilines is 1. The molecule has 2 aliphatic rings. The van der Waals surface area contributed by atoms with Gasteiger partial charge in [-0.25, -0.2) is 13.1 Å². The van der Waals surface area contributed by atoms with Gasteiger partial charge in [0.05, 0.1) is 12.0 Å². The first-order chi connectivity index (χ1) is 14.5. The van der Waals surface area contributed by atoms with Crippen molar-refractivity contribution in [2.75, 3.05) is 45.2 Å². The van der Waals surface area contributed by atoms with E-state index in [1.54, 1.807) is 31.4 Å². The number of nitrogens with one attached hydrogen (secondary N) is 1. The highest BCUT2D eigenvalue weighted by Crippen LogP contribution is 2.32. The van der Waals surface area contributed by atoms with Crippen molar-refractivity contribution in [3.05, 3.63) is 53.6 Å². The van der Waals surface area contributed by atoms with E-state index in [1.807, 2.05) is 0 Å². The summed E-state index contributed by atoms with van der Waals surface area (Å²) < 4.78 is 33.8. The van der Waals surface area contributed by atoms with Gasteiger partial charge in [-0.05, 0) is 73.8 Å². The summed E-state index contributed by atoms with van der Waals surface area (Å²) in [5, 5.41) is 0. The molecule has 0 aliphatic carbocycles. The summed E-state index contributed by atoms with van der Waals surface area (Å²) in [5.74, 6) is 0.642. The van der Waals surface area contributed by atoms with Crippen LogP contribution in [0, 0.1) is 0 Å². The minimum absolute atomic E-state index is 0.0366. The van der Waals surface area contributed by atoms with Crippen molar-refractivity contribution in [1.82, 2.24) is 9.62 Å². The van der Waals surface area contributed by atoms with E-state index in [0.29, 0.717) is 12.3 Å². The van der Waals surface area contributed by atoms with Gasteiger partial charge >= 0.3 is 0 Å². The lowest BCUT2D eigenvalue weighted by Gasteiger charge is -2.35. The number of hydrogen-bond acceptors (Lipinski definition) is 5. The van der Waals surface area contributed by atoms with Gasteiger partial charge in [-0.1, -0.05) is 18.6 Å². The molecule has 2 aromatic carbocycles. The number of likely N-dealkylation sites (N-methyl/N-ethyl adjacent to an activating group) is 1. The van der Waals surface area contributed by atoms with Crippen LogP contribution in [0.1, 0.15) is 36.4 Å². The Morgan fingerprint density at radius 2 is 1.77 bits per heavy atom. The maximum Gasteiger partial charge on any atom is 0.240 e. The van der Waals surface area contributed by atoms with Crippen LogP contribution in [0.3, 0.4) is 0 Å². The first kappa shape index (κ1) is 21.2. The maximum atomic E-state index is 12.9. The molecule has 30 heavy (non-hydrogen) atoms. The summed E-state index contributed by atoms with van der Waals surface area (Å²) >= 11 is 0. The molecule has 1 fully saturated rings. The Morgan fingerprint density at radius 3 is 2.47 bits per heavy atom. The Balaban J connectivity index is 1.56. The third kappa shape index (κ3) is 4.48. The Morgan fingerprint density at radius 1 is 1.03 bits per heavy atom. The molecule has 0 aromatic heterocycles. The summed E-state index contributed by atoms with van der Waals surface area (Å²) in [6.45, 7) is 3.41. The number of rotatable bonds is 7. The fourth-order valence-electron chi connectivity index (χ4n) is 4.51. The van der Waals surface area contributed by atoms with Gasteiger partial charge in [-0.15, -0.1) is 0 Å². The molecule has 4 rings (SSSR count). The third-order valence-electron chi connectivity index (χ3n) is 6.28. The molecule has 162 valence electrons. The number of benzene rings is 2. The van der Waals surface area contributed by atoms with Gasteiger partial charge < -0.3 is 9.64 Å². The highest BCUT2D eigenvalue weighted by molar-refractivity contribution is 7.89. The zero-order valence-electron chi connectivity index (χ0n) is 17.8. The molecule has 1 saturated heterocycles. The van der Waals surface area contributed by atoms with Crippen molar-refractivity contribution in [1.29, 1.82) is 0 Å². The van der Waals surface area contributed by atoms with Crippen LogP contribution in [0.2, 0.25) is 0 Å². The molecule has 2 heterocycles. The van der Waals surface area contributed by atoms with Crippen LogP contribution < -0.4 is 14.4 Å². The van der Waals surface area contributed by atoms with Gasteiger partial charge in [0.2, 0.25) is 10.0 Å². The monoisotopic (exact) mass is 429 g/mol. The Labute approximate surface area is 179 Å². The van der Waals surface area contributed by atoms with E-state index in [1.165, 1.54) is 23.2 Å². The third-order valence-corrected chi connectivity index (χ3v) is 7.72. The summed E-state index contributed by atoms with van der Waals surface area (Å²) in [6, 6.07) is 13.2. The molecule has 2 aromatic rings. The topological polar surface area (TPSA) is 61.9 Å². The normalized spacial score (nSPS) is 18.3. The molecular formula is C23H31N3O3S. The standard InChI is InChI=1S/C23H31N3O3S/c1-25-15-12-19-16-18(6-11-22(19)25)23(26-13-4-3-5-14-26)17-24-30(27,28)21-9-7-20(29-2)8-10-21/h6-11,16,23-24H,3-5,12-15,17H2,1-2H3/t23-/m0/s1. The average Bonchev–Trinajstić information content (AvgIpc) is 3.15. The molecule has 0 radical (unpaired) electrons. The number of sulfonamides is 1. The summed E-state index contributed by atoms with van der Waals surface area (Å²) in [7, 11) is 0.103. The van der Waals surface area contributed by atoms with Crippen molar-refractivity contribution < 1.29 is 13.2 Å². The minimum Gasteiger partial charge on any atom is -0.497 e. The molecule has 0 bridgehead atoms. The van der Waals surface area contributed by atoms with Gasteiger partial charge in [0, 0.05) is 31.9 Å². The lowest BCUT2D eigenvalue weighted by Crippen LogP contribution is -2.40. The lowest BCUT2D eigenvalue weighted by atomic mass is 9.99. The largest absolute Gasteiger partial charge is 0.497 e. The molecular weight excluding hydrogens is 398 g/mol. The average molecular weight is 430 g/mol. The van der Waals surface area contributed by atoms with Gasteiger partial charge in [-0.3, -0.25) is 4.90 Å². The van der Waals surface area contributed by atoms with E-state index in [4.69, 9.17) is 4.74 Å². The Bertz CT molecular complexity index is 970. The second-order valence-electron chi connectivity index (χ2n) is 8.20. The number of hydrogen-bond donors (Lipinski definition) is 1. The number of nitrogens with zero attached hydrogens (tertiary/aromatic N) is 2. The van der Waals surface area contributed by atoms with Gasteiger partial charge in [0.25, 0.3) is 0 Å². The van der Waals surface area contributed by atoms with Crippen molar-refractivity contribution >= 4 is 15.7 Å². The number of ether oxygens (including phenoxy) is 1. The molecule has 1 atom stereocenters. The fourth-order valence-corrected chi connectivity index (χ4v) is 5.55. The quantitative estimate of drug-likeness (QED) is 0.732. The van der Waals surface area contributed by atoms with E-state index in [0.717, 1.165) is 38.9 Å². The van der Waals surface area contributed by atoms with Crippen LogP contribution in [0.15, 0.2) is 47.4 Å². The molecule has 0 spiro atoms. The van der Waals surface area contributed by atoms with E-state index in [-0.39, 0.29) is 10.9 Å². The molecule has 0 saturated carbocycles. The first-order valence-corrected chi connectivity index (χ1v) is 12.2.